The lowest BCUT2D eigenvalue weighted by Gasteiger charge is -2.12. The number of amides is 3. The Hall–Kier alpha value is -2.83. The molecule has 0 bridgehead atoms. The van der Waals surface area contributed by atoms with Crippen molar-refractivity contribution in [3.8, 4) is 0 Å². The Morgan fingerprint density at radius 3 is 2.38 bits per heavy atom. The van der Waals surface area contributed by atoms with Crippen LogP contribution in [0.2, 0.25) is 0 Å². The van der Waals surface area contributed by atoms with Gasteiger partial charge in [0.25, 0.3) is 5.91 Å². The molecule has 1 unspecified atom stereocenters. The Balaban J connectivity index is 2.67. The number of carboxylic acid groups (broad SMARTS) is 1. The summed E-state index contributed by atoms with van der Waals surface area (Å²) in [6.07, 6.45) is 1.57. The summed E-state index contributed by atoms with van der Waals surface area (Å²) in [6.45, 7) is 3.71. The van der Waals surface area contributed by atoms with E-state index in [2.05, 4.69) is 17.2 Å². The van der Waals surface area contributed by atoms with Gasteiger partial charge < -0.3 is 21.5 Å². The average molecular weight is 291 g/mol. The Labute approximate surface area is 121 Å². The van der Waals surface area contributed by atoms with E-state index in [0.717, 1.165) is 5.56 Å². The smallest absolute Gasteiger partial charge is 0.326 e. The van der Waals surface area contributed by atoms with Crippen molar-refractivity contribution in [2.75, 3.05) is 0 Å². The van der Waals surface area contributed by atoms with Gasteiger partial charge in [0, 0.05) is 12.1 Å². The third-order valence-corrected chi connectivity index (χ3v) is 2.69. The number of hydrogen-bond donors (Lipinski definition) is 4. The van der Waals surface area contributed by atoms with E-state index in [1.807, 2.05) is 0 Å². The summed E-state index contributed by atoms with van der Waals surface area (Å²) in [5.41, 5.74) is 6.05. The van der Waals surface area contributed by atoms with Gasteiger partial charge in [-0.1, -0.05) is 18.2 Å². The number of carbonyl (C=O) groups excluding carboxylic acids is 2. The van der Waals surface area contributed by atoms with Crippen LogP contribution in [0.25, 0.3) is 0 Å². The lowest BCUT2D eigenvalue weighted by Crippen LogP contribution is -2.40. The SMILES string of the molecule is C=CCC(NC(=O)c1ccc(CNC(N)=O)cc1)C(=O)O. The van der Waals surface area contributed by atoms with Crippen LogP contribution in [0.3, 0.4) is 0 Å². The minimum atomic E-state index is -1.12. The fourth-order valence-electron chi connectivity index (χ4n) is 1.59. The van der Waals surface area contributed by atoms with Gasteiger partial charge in [0.15, 0.2) is 0 Å². The van der Waals surface area contributed by atoms with E-state index in [1.165, 1.54) is 6.08 Å². The molecule has 0 aromatic heterocycles. The molecule has 1 rings (SSSR count). The van der Waals surface area contributed by atoms with Crippen LogP contribution in [-0.2, 0) is 11.3 Å². The number of primary amides is 1. The van der Waals surface area contributed by atoms with Crippen molar-refractivity contribution in [2.45, 2.75) is 19.0 Å². The monoisotopic (exact) mass is 291 g/mol. The van der Waals surface area contributed by atoms with Crippen molar-refractivity contribution in [3.05, 3.63) is 48.0 Å². The molecule has 1 aromatic carbocycles. The fourth-order valence-corrected chi connectivity index (χ4v) is 1.59. The predicted octanol–water partition coefficient (Wildman–Crippen LogP) is 0.614. The maximum Gasteiger partial charge on any atom is 0.326 e. The third-order valence-electron chi connectivity index (χ3n) is 2.69. The molecule has 0 aliphatic heterocycles. The molecule has 0 saturated heterocycles. The van der Waals surface area contributed by atoms with Gasteiger partial charge in [0.05, 0.1) is 0 Å². The lowest BCUT2D eigenvalue weighted by molar-refractivity contribution is -0.139. The largest absolute Gasteiger partial charge is 0.480 e. The van der Waals surface area contributed by atoms with E-state index >= 15 is 0 Å². The van der Waals surface area contributed by atoms with Crippen LogP contribution >= 0.6 is 0 Å². The minimum absolute atomic E-state index is 0.141. The lowest BCUT2D eigenvalue weighted by atomic mass is 10.1. The number of carbonyl (C=O) groups is 3. The third kappa shape index (κ3) is 5.35. The highest BCUT2D eigenvalue weighted by molar-refractivity contribution is 5.96. The Kier molecular flexibility index (Phi) is 5.94. The second kappa shape index (κ2) is 7.68. The first-order chi connectivity index (χ1) is 9.93. The van der Waals surface area contributed by atoms with E-state index in [-0.39, 0.29) is 13.0 Å². The molecule has 0 heterocycles. The summed E-state index contributed by atoms with van der Waals surface area (Å²) in [5, 5.41) is 13.8. The molecule has 7 nitrogen and oxygen atoms in total. The molecule has 7 heteroatoms. The summed E-state index contributed by atoms with van der Waals surface area (Å²) in [7, 11) is 0. The number of carboxylic acids is 1. The van der Waals surface area contributed by atoms with Crippen molar-refractivity contribution in [3.63, 3.8) is 0 Å². The van der Waals surface area contributed by atoms with Gasteiger partial charge in [-0.3, -0.25) is 4.79 Å². The number of hydrogen-bond acceptors (Lipinski definition) is 3. The predicted molar refractivity (Wildman–Crippen MR) is 76.6 cm³/mol. The molecule has 0 aliphatic rings. The molecule has 1 atom stereocenters. The van der Waals surface area contributed by atoms with E-state index in [1.54, 1.807) is 24.3 Å². The van der Waals surface area contributed by atoms with Crippen LogP contribution < -0.4 is 16.4 Å². The van der Waals surface area contributed by atoms with E-state index in [4.69, 9.17) is 10.8 Å². The molecule has 0 aliphatic carbocycles. The molecule has 112 valence electrons. The first-order valence-electron chi connectivity index (χ1n) is 6.21. The molecule has 0 spiro atoms. The van der Waals surface area contributed by atoms with Crippen molar-refractivity contribution in [2.24, 2.45) is 5.73 Å². The molecular formula is C14H17N3O4. The highest BCUT2D eigenvalue weighted by atomic mass is 16.4. The van der Waals surface area contributed by atoms with Gasteiger partial charge in [-0.05, 0) is 24.1 Å². The Morgan fingerprint density at radius 2 is 1.90 bits per heavy atom. The zero-order valence-electron chi connectivity index (χ0n) is 11.3. The number of nitrogens with two attached hydrogens (primary N) is 1. The summed E-state index contributed by atoms with van der Waals surface area (Å²) in [5.74, 6) is -1.61. The van der Waals surface area contributed by atoms with Crippen LogP contribution in [-0.4, -0.2) is 29.1 Å². The summed E-state index contributed by atoms with van der Waals surface area (Å²) < 4.78 is 0. The van der Waals surface area contributed by atoms with E-state index in [0.29, 0.717) is 5.56 Å². The molecule has 3 amide bonds. The van der Waals surface area contributed by atoms with Crippen LogP contribution in [0.15, 0.2) is 36.9 Å². The molecule has 0 saturated carbocycles. The van der Waals surface area contributed by atoms with E-state index in [9.17, 15) is 14.4 Å². The Bertz CT molecular complexity index is 540. The maximum absolute atomic E-state index is 11.9. The average Bonchev–Trinajstić information content (AvgIpc) is 2.45. The van der Waals surface area contributed by atoms with Crippen LogP contribution in [0.4, 0.5) is 4.79 Å². The molecular weight excluding hydrogens is 274 g/mol. The highest BCUT2D eigenvalue weighted by Gasteiger charge is 2.18. The quantitative estimate of drug-likeness (QED) is 0.550. The van der Waals surface area contributed by atoms with Crippen LogP contribution in [0, 0.1) is 0 Å². The van der Waals surface area contributed by atoms with Crippen molar-refractivity contribution < 1.29 is 19.5 Å². The number of benzene rings is 1. The first kappa shape index (κ1) is 16.2. The molecule has 21 heavy (non-hydrogen) atoms. The van der Waals surface area contributed by atoms with Gasteiger partial charge in [0.1, 0.15) is 6.04 Å². The normalized spacial score (nSPS) is 11.2. The van der Waals surface area contributed by atoms with Gasteiger partial charge in [-0.25, -0.2) is 9.59 Å². The minimum Gasteiger partial charge on any atom is -0.480 e. The van der Waals surface area contributed by atoms with Gasteiger partial charge in [0.2, 0.25) is 0 Å². The standard InChI is InChI=1S/C14H17N3O4/c1-2-3-11(13(19)20)17-12(18)10-6-4-9(5-7-10)8-16-14(15)21/h2,4-7,11H,1,3,8H2,(H,17,18)(H,19,20)(H3,15,16,21). The van der Waals surface area contributed by atoms with Gasteiger partial charge in [-0.2, -0.15) is 0 Å². The molecule has 5 N–H and O–H groups in total. The maximum atomic E-state index is 11.9. The zero-order valence-corrected chi connectivity index (χ0v) is 11.3. The second-order valence-corrected chi connectivity index (χ2v) is 4.30. The summed E-state index contributed by atoms with van der Waals surface area (Å²) in [6, 6.07) is 4.74. The molecule has 1 aromatic rings. The van der Waals surface area contributed by atoms with Crippen molar-refractivity contribution >= 4 is 17.9 Å². The highest BCUT2D eigenvalue weighted by Crippen LogP contribution is 2.05. The summed E-state index contributed by atoms with van der Waals surface area (Å²) >= 11 is 0. The van der Waals surface area contributed by atoms with Gasteiger partial charge >= 0.3 is 12.0 Å². The summed E-state index contributed by atoms with van der Waals surface area (Å²) in [4.78, 5) is 33.4. The Morgan fingerprint density at radius 1 is 1.29 bits per heavy atom. The zero-order chi connectivity index (χ0) is 15.8. The number of nitrogens with one attached hydrogen (secondary N) is 2. The number of urea groups is 1. The van der Waals surface area contributed by atoms with Crippen molar-refractivity contribution in [1.29, 1.82) is 0 Å². The number of aliphatic carboxylic acids is 1. The first-order valence-corrected chi connectivity index (χ1v) is 6.21. The topological polar surface area (TPSA) is 122 Å². The van der Waals surface area contributed by atoms with Crippen LogP contribution in [0.1, 0.15) is 22.3 Å². The fraction of sp³-hybridized carbons (Fsp3) is 0.214. The van der Waals surface area contributed by atoms with Crippen molar-refractivity contribution in [1.82, 2.24) is 10.6 Å². The van der Waals surface area contributed by atoms with Gasteiger partial charge in [-0.15, -0.1) is 6.58 Å². The molecule has 0 radical (unpaired) electrons. The molecule has 0 fully saturated rings. The van der Waals surface area contributed by atoms with E-state index < -0.39 is 23.9 Å². The number of rotatable bonds is 7. The second-order valence-electron chi connectivity index (χ2n) is 4.30. The van der Waals surface area contributed by atoms with Crippen LogP contribution in [0.5, 0.6) is 0 Å².